The highest BCUT2D eigenvalue weighted by molar-refractivity contribution is 6.12. The van der Waals surface area contributed by atoms with Gasteiger partial charge in [0.2, 0.25) is 5.91 Å². The van der Waals surface area contributed by atoms with Crippen LogP contribution in [0.3, 0.4) is 0 Å². The zero-order valence-electron chi connectivity index (χ0n) is 12.6. The zero-order valence-corrected chi connectivity index (χ0v) is 12.6. The number of hydrogen-bond donors (Lipinski definition) is 0. The summed E-state index contributed by atoms with van der Waals surface area (Å²) in [6.45, 7) is 0. The van der Waals surface area contributed by atoms with Crippen LogP contribution in [0.4, 0.5) is 15.9 Å². The molecule has 1 aromatic heterocycles. The van der Waals surface area contributed by atoms with Gasteiger partial charge in [-0.05, 0) is 24.5 Å². The van der Waals surface area contributed by atoms with Crippen molar-refractivity contribution in [2.75, 3.05) is 4.90 Å². The molecule has 1 aromatic carbocycles. The average Bonchev–Trinajstić information content (AvgIpc) is 3.04. The molecule has 22 heavy (non-hydrogen) atoms. The minimum Gasteiger partial charge on any atom is -0.273 e. The third-order valence-corrected chi connectivity index (χ3v) is 5.07. The molecular formula is C17H18FN3O. The highest BCUT2D eigenvalue weighted by Gasteiger charge is 2.53. The lowest BCUT2D eigenvalue weighted by Gasteiger charge is -2.32. The second-order valence-electron chi connectivity index (χ2n) is 6.23. The fraction of sp³-hybridized carbons (Fsp3) is 0.412. The number of hydrogen-bond acceptors (Lipinski definition) is 2. The average molecular weight is 299 g/mol. The molecule has 5 heteroatoms. The van der Waals surface area contributed by atoms with Gasteiger partial charge in [-0.1, -0.05) is 31.4 Å². The van der Waals surface area contributed by atoms with Gasteiger partial charge in [-0.2, -0.15) is 5.10 Å². The number of rotatable bonds is 1. The number of nitrogens with zero attached hydrogens (tertiary/aromatic N) is 3. The van der Waals surface area contributed by atoms with Gasteiger partial charge in [-0.3, -0.25) is 14.4 Å². The van der Waals surface area contributed by atoms with E-state index in [1.807, 2.05) is 6.07 Å². The summed E-state index contributed by atoms with van der Waals surface area (Å²) in [5.41, 5.74) is 0.705. The zero-order chi connectivity index (χ0) is 15.3. The smallest absolute Gasteiger partial charge is 0.243 e. The molecule has 2 aromatic rings. The summed E-state index contributed by atoms with van der Waals surface area (Å²) in [5, 5.41) is 4.13. The summed E-state index contributed by atoms with van der Waals surface area (Å²) in [6, 6.07) is 6.82. The number of para-hydroxylation sites is 1. The van der Waals surface area contributed by atoms with Crippen LogP contribution >= 0.6 is 0 Å². The summed E-state index contributed by atoms with van der Waals surface area (Å²) >= 11 is 0. The normalized spacial score (nSPS) is 19.7. The van der Waals surface area contributed by atoms with Crippen LogP contribution in [0.25, 0.3) is 0 Å². The summed E-state index contributed by atoms with van der Waals surface area (Å²) in [5.74, 6) is 0.282. The van der Waals surface area contributed by atoms with Gasteiger partial charge < -0.3 is 0 Å². The molecule has 114 valence electrons. The largest absolute Gasteiger partial charge is 0.273 e. The summed E-state index contributed by atoms with van der Waals surface area (Å²) in [7, 11) is 1.77. The van der Waals surface area contributed by atoms with Gasteiger partial charge in [0.25, 0.3) is 0 Å². The van der Waals surface area contributed by atoms with E-state index < -0.39 is 5.41 Å². The van der Waals surface area contributed by atoms with Gasteiger partial charge in [-0.25, -0.2) is 4.39 Å². The molecule has 0 bridgehead atoms. The van der Waals surface area contributed by atoms with Gasteiger partial charge in [0.1, 0.15) is 11.6 Å². The molecule has 0 N–H and O–H groups in total. The Balaban J connectivity index is 1.96. The van der Waals surface area contributed by atoms with Crippen LogP contribution in [0.15, 0.2) is 30.5 Å². The Morgan fingerprint density at radius 1 is 1.18 bits per heavy atom. The van der Waals surface area contributed by atoms with Gasteiger partial charge in [0.05, 0.1) is 17.3 Å². The molecule has 1 saturated carbocycles. The van der Waals surface area contributed by atoms with Crippen molar-refractivity contribution in [3.63, 3.8) is 0 Å². The maximum atomic E-state index is 14.6. The standard InChI is InChI=1S/C17H18FN3O/c1-20-14(8-11-19-20)21-15-12(6-5-7-13(15)18)17(16(21)22)9-3-2-4-10-17/h5-8,11H,2-4,9-10H2,1H3. The molecule has 1 spiro atoms. The number of halogens is 1. The second-order valence-corrected chi connectivity index (χ2v) is 6.23. The van der Waals surface area contributed by atoms with E-state index in [-0.39, 0.29) is 11.7 Å². The van der Waals surface area contributed by atoms with Crippen molar-refractivity contribution in [2.24, 2.45) is 7.05 Å². The van der Waals surface area contributed by atoms with Crippen LogP contribution in [0.5, 0.6) is 0 Å². The molecular weight excluding hydrogens is 281 g/mol. The lowest BCUT2D eigenvalue weighted by atomic mass is 9.70. The molecule has 1 aliphatic carbocycles. The molecule has 0 saturated heterocycles. The van der Waals surface area contributed by atoms with Gasteiger partial charge in [-0.15, -0.1) is 0 Å². The third-order valence-electron chi connectivity index (χ3n) is 5.07. The van der Waals surface area contributed by atoms with Crippen molar-refractivity contribution in [2.45, 2.75) is 37.5 Å². The highest BCUT2D eigenvalue weighted by Crippen LogP contribution is 2.52. The molecule has 4 rings (SSSR count). The fourth-order valence-corrected chi connectivity index (χ4v) is 4.00. The van der Waals surface area contributed by atoms with Crippen LogP contribution in [0.2, 0.25) is 0 Å². The molecule has 0 unspecified atom stereocenters. The first-order valence-corrected chi connectivity index (χ1v) is 7.77. The first-order chi connectivity index (χ1) is 10.6. The fourth-order valence-electron chi connectivity index (χ4n) is 4.00. The molecule has 4 nitrogen and oxygen atoms in total. The van der Waals surface area contributed by atoms with Crippen molar-refractivity contribution in [1.29, 1.82) is 0 Å². The number of amides is 1. The molecule has 1 aliphatic heterocycles. The van der Waals surface area contributed by atoms with E-state index in [0.717, 1.165) is 37.7 Å². The number of benzene rings is 1. The minimum absolute atomic E-state index is 0.00380. The number of aryl methyl sites for hydroxylation is 1. The predicted octanol–water partition coefficient (Wildman–Crippen LogP) is 3.44. The molecule has 0 atom stereocenters. The number of carbonyl (C=O) groups excluding carboxylic acids is 1. The van der Waals surface area contributed by atoms with Crippen molar-refractivity contribution in [1.82, 2.24) is 9.78 Å². The van der Waals surface area contributed by atoms with E-state index >= 15 is 0 Å². The molecule has 2 aliphatic rings. The van der Waals surface area contributed by atoms with Crippen LogP contribution in [0.1, 0.15) is 37.7 Å². The molecule has 1 fully saturated rings. The maximum Gasteiger partial charge on any atom is 0.243 e. The Labute approximate surface area is 128 Å². The molecule has 1 amide bonds. The Hall–Kier alpha value is -2.17. The van der Waals surface area contributed by atoms with Gasteiger partial charge >= 0.3 is 0 Å². The van der Waals surface area contributed by atoms with E-state index in [0.29, 0.717) is 11.5 Å². The van der Waals surface area contributed by atoms with E-state index in [1.54, 1.807) is 30.1 Å². The summed E-state index contributed by atoms with van der Waals surface area (Å²) in [6.07, 6.45) is 6.41. The van der Waals surface area contributed by atoms with Crippen LogP contribution in [-0.4, -0.2) is 15.7 Å². The SMILES string of the molecule is Cn1nccc1N1C(=O)C2(CCCCC2)c2cccc(F)c21. The Morgan fingerprint density at radius 2 is 1.95 bits per heavy atom. The van der Waals surface area contributed by atoms with E-state index in [9.17, 15) is 9.18 Å². The van der Waals surface area contributed by atoms with E-state index in [4.69, 9.17) is 0 Å². The van der Waals surface area contributed by atoms with E-state index in [1.165, 1.54) is 11.0 Å². The number of anilines is 2. The Bertz CT molecular complexity index is 746. The van der Waals surface area contributed by atoms with Crippen LogP contribution in [-0.2, 0) is 17.3 Å². The monoisotopic (exact) mass is 299 g/mol. The van der Waals surface area contributed by atoms with Gasteiger partial charge in [0.15, 0.2) is 0 Å². The number of fused-ring (bicyclic) bond motifs is 2. The van der Waals surface area contributed by atoms with Crippen LogP contribution in [0, 0.1) is 5.82 Å². The minimum atomic E-state index is -0.556. The van der Waals surface area contributed by atoms with Crippen molar-refractivity contribution in [3.05, 3.63) is 41.8 Å². The highest BCUT2D eigenvalue weighted by atomic mass is 19.1. The number of carbonyl (C=O) groups is 1. The Kier molecular flexibility index (Phi) is 2.86. The maximum absolute atomic E-state index is 14.6. The lowest BCUT2D eigenvalue weighted by Crippen LogP contribution is -2.40. The molecule has 0 radical (unpaired) electrons. The molecule has 2 heterocycles. The summed E-state index contributed by atoms with van der Waals surface area (Å²) < 4.78 is 16.2. The van der Waals surface area contributed by atoms with E-state index in [2.05, 4.69) is 5.10 Å². The van der Waals surface area contributed by atoms with Crippen molar-refractivity contribution in [3.8, 4) is 0 Å². The van der Waals surface area contributed by atoms with Crippen LogP contribution < -0.4 is 4.90 Å². The Morgan fingerprint density at radius 3 is 2.64 bits per heavy atom. The quantitative estimate of drug-likeness (QED) is 0.809. The topological polar surface area (TPSA) is 38.1 Å². The lowest BCUT2D eigenvalue weighted by molar-refractivity contribution is -0.123. The van der Waals surface area contributed by atoms with Gasteiger partial charge in [0, 0.05) is 13.1 Å². The second kappa shape index (κ2) is 4.66. The predicted molar refractivity (Wildman–Crippen MR) is 81.5 cm³/mol. The summed E-state index contributed by atoms with van der Waals surface area (Å²) in [4.78, 5) is 14.8. The third kappa shape index (κ3) is 1.62. The van der Waals surface area contributed by atoms with Crippen molar-refractivity contribution >= 4 is 17.4 Å². The first-order valence-electron chi connectivity index (χ1n) is 7.77. The van der Waals surface area contributed by atoms with Crippen molar-refractivity contribution < 1.29 is 9.18 Å². The first kappa shape index (κ1) is 13.5. The number of aromatic nitrogens is 2.